The van der Waals surface area contributed by atoms with Crippen molar-refractivity contribution in [2.75, 3.05) is 0 Å². The van der Waals surface area contributed by atoms with Gasteiger partial charge in [-0.1, -0.05) is 18.2 Å². The number of nitrogens with one attached hydrogen (secondary N) is 1. The number of benzene rings is 1. The lowest BCUT2D eigenvalue weighted by molar-refractivity contribution is -0.116. The molecular formula is C14H12FNOS. The topological polar surface area (TPSA) is 29.1 Å². The molecule has 0 spiro atoms. The van der Waals surface area contributed by atoms with Gasteiger partial charge in [-0.25, -0.2) is 4.39 Å². The Morgan fingerprint density at radius 2 is 2.22 bits per heavy atom. The van der Waals surface area contributed by atoms with Gasteiger partial charge >= 0.3 is 0 Å². The van der Waals surface area contributed by atoms with Crippen LogP contribution in [0.3, 0.4) is 0 Å². The average molecular weight is 261 g/mol. The van der Waals surface area contributed by atoms with E-state index >= 15 is 0 Å². The fraction of sp³-hybridized carbons (Fsp3) is 0.0714. The highest BCUT2D eigenvalue weighted by Crippen LogP contribution is 2.09. The van der Waals surface area contributed by atoms with E-state index in [9.17, 15) is 9.18 Å². The van der Waals surface area contributed by atoms with Crippen LogP contribution in [0.25, 0.3) is 6.08 Å². The van der Waals surface area contributed by atoms with Gasteiger partial charge < -0.3 is 5.32 Å². The first kappa shape index (κ1) is 12.5. The second-order valence-electron chi connectivity index (χ2n) is 3.70. The van der Waals surface area contributed by atoms with E-state index in [0.717, 1.165) is 10.4 Å². The minimum atomic E-state index is -0.295. The van der Waals surface area contributed by atoms with Crippen LogP contribution in [0.4, 0.5) is 4.39 Å². The third-order valence-electron chi connectivity index (χ3n) is 2.30. The minimum absolute atomic E-state index is 0.187. The Bertz CT molecular complexity index is 549. The van der Waals surface area contributed by atoms with Crippen LogP contribution in [0.2, 0.25) is 0 Å². The molecule has 1 aromatic heterocycles. The second-order valence-corrected chi connectivity index (χ2v) is 4.68. The molecule has 1 amide bonds. The van der Waals surface area contributed by atoms with Crippen LogP contribution in [0, 0.1) is 5.82 Å². The van der Waals surface area contributed by atoms with Gasteiger partial charge in [-0.15, -0.1) is 11.3 Å². The zero-order valence-electron chi connectivity index (χ0n) is 9.60. The number of rotatable bonds is 4. The molecule has 0 fully saturated rings. The van der Waals surface area contributed by atoms with Crippen molar-refractivity contribution in [1.82, 2.24) is 5.32 Å². The largest absolute Gasteiger partial charge is 0.348 e. The maximum Gasteiger partial charge on any atom is 0.244 e. The van der Waals surface area contributed by atoms with Crippen LogP contribution < -0.4 is 5.32 Å². The third-order valence-corrected chi connectivity index (χ3v) is 3.14. The summed E-state index contributed by atoms with van der Waals surface area (Å²) >= 11 is 1.56. The van der Waals surface area contributed by atoms with Gasteiger partial charge in [-0.05, 0) is 35.2 Å². The number of halogens is 1. The normalized spacial score (nSPS) is 10.7. The van der Waals surface area contributed by atoms with Gasteiger partial charge in [0.25, 0.3) is 0 Å². The first-order valence-electron chi connectivity index (χ1n) is 5.48. The zero-order valence-corrected chi connectivity index (χ0v) is 10.4. The number of amides is 1. The molecule has 2 nitrogen and oxygen atoms in total. The first-order valence-corrected chi connectivity index (χ1v) is 6.36. The maximum absolute atomic E-state index is 12.9. The van der Waals surface area contributed by atoms with E-state index in [1.165, 1.54) is 18.2 Å². The summed E-state index contributed by atoms with van der Waals surface area (Å²) in [6.45, 7) is 0.325. The maximum atomic E-state index is 12.9. The quantitative estimate of drug-likeness (QED) is 0.841. The van der Waals surface area contributed by atoms with Gasteiger partial charge in [0.1, 0.15) is 5.82 Å². The van der Waals surface area contributed by atoms with E-state index in [2.05, 4.69) is 5.32 Å². The minimum Gasteiger partial charge on any atom is -0.348 e. The van der Waals surface area contributed by atoms with E-state index < -0.39 is 0 Å². The number of carbonyl (C=O) groups excluding carboxylic acids is 1. The van der Waals surface area contributed by atoms with Crippen molar-refractivity contribution in [3.8, 4) is 0 Å². The molecule has 2 aromatic rings. The number of hydrogen-bond acceptors (Lipinski definition) is 2. The Labute approximate surface area is 109 Å². The molecule has 0 atom stereocenters. The summed E-state index contributed by atoms with van der Waals surface area (Å²) in [6, 6.07) is 10.0. The van der Waals surface area contributed by atoms with Gasteiger partial charge in [0, 0.05) is 17.5 Å². The van der Waals surface area contributed by atoms with Crippen molar-refractivity contribution in [2.45, 2.75) is 6.54 Å². The Kier molecular flexibility index (Phi) is 4.25. The summed E-state index contributed by atoms with van der Waals surface area (Å²) in [7, 11) is 0. The lowest BCUT2D eigenvalue weighted by atomic mass is 10.2. The summed E-state index contributed by atoms with van der Waals surface area (Å²) in [5, 5.41) is 4.65. The molecule has 0 unspecified atom stereocenters. The van der Waals surface area contributed by atoms with E-state index in [1.54, 1.807) is 29.5 Å². The third kappa shape index (κ3) is 3.82. The molecule has 92 valence electrons. The summed E-state index contributed by atoms with van der Waals surface area (Å²) in [5.41, 5.74) is 0.743. The fourth-order valence-electron chi connectivity index (χ4n) is 1.44. The number of thiophene rings is 1. The molecule has 0 saturated carbocycles. The van der Waals surface area contributed by atoms with Gasteiger partial charge in [0.15, 0.2) is 0 Å². The molecule has 1 aromatic carbocycles. The molecule has 0 aliphatic carbocycles. The van der Waals surface area contributed by atoms with Crippen LogP contribution >= 0.6 is 11.3 Å². The van der Waals surface area contributed by atoms with E-state index in [-0.39, 0.29) is 11.7 Å². The Morgan fingerprint density at radius 1 is 1.33 bits per heavy atom. The van der Waals surface area contributed by atoms with E-state index in [0.29, 0.717) is 6.54 Å². The van der Waals surface area contributed by atoms with Crippen molar-refractivity contribution < 1.29 is 9.18 Å². The molecule has 0 saturated heterocycles. The molecule has 18 heavy (non-hydrogen) atoms. The molecule has 0 bridgehead atoms. The predicted molar refractivity (Wildman–Crippen MR) is 71.6 cm³/mol. The highest BCUT2D eigenvalue weighted by atomic mass is 32.1. The Balaban J connectivity index is 1.85. The van der Waals surface area contributed by atoms with Gasteiger partial charge in [-0.2, -0.15) is 0 Å². The van der Waals surface area contributed by atoms with Crippen molar-refractivity contribution >= 4 is 23.3 Å². The summed E-state index contributed by atoms with van der Waals surface area (Å²) in [5.74, 6) is -0.483. The van der Waals surface area contributed by atoms with Gasteiger partial charge in [0.2, 0.25) is 5.91 Å². The summed E-state index contributed by atoms with van der Waals surface area (Å²) < 4.78 is 12.9. The number of carbonyl (C=O) groups is 1. The lowest BCUT2D eigenvalue weighted by Crippen LogP contribution is -2.20. The number of hydrogen-bond donors (Lipinski definition) is 1. The average Bonchev–Trinajstić information content (AvgIpc) is 2.87. The van der Waals surface area contributed by atoms with Crippen LogP contribution in [0.1, 0.15) is 10.4 Å². The van der Waals surface area contributed by atoms with E-state index in [1.807, 2.05) is 17.5 Å². The van der Waals surface area contributed by atoms with Crippen LogP contribution in [0.15, 0.2) is 47.9 Å². The first-order chi connectivity index (χ1) is 8.74. The molecule has 0 aliphatic heterocycles. The summed E-state index contributed by atoms with van der Waals surface area (Å²) in [4.78, 5) is 12.5. The molecule has 0 radical (unpaired) electrons. The van der Waals surface area contributed by atoms with Crippen LogP contribution in [-0.2, 0) is 11.3 Å². The predicted octanol–water partition coefficient (Wildman–Crippen LogP) is 3.22. The van der Waals surface area contributed by atoms with Crippen LogP contribution in [-0.4, -0.2) is 5.91 Å². The standard InChI is InChI=1S/C14H12FNOS/c15-12-4-1-3-11(9-12)10-16-14(17)7-6-13-5-2-8-18-13/h1-9H,10H2,(H,16,17)/b7-6+. The zero-order chi connectivity index (χ0) is 12.8. The van der Waals surface area contributed by atoms with Crippen molar-refractivity contribution in [3.05, 3.63) is 64.1 Å². The Morgan fingerprint density at radius 3 is 2.94 bits per heavy atom. The Hall–Kier alpha value is -1.94. The fourth-order valence-corrected chi connectivity index (χ4v) is 2.06. The molecule has 1 N–H and O–H groups in total. The van der Waals surface area contributed by atoms with Crippen molar-refractivity contribution in [2.24, 2.45) is 0 Å². The molecule has 2 rings (SSSR count). The highest BCUT2D eigenvalue weighted by molar-refractivity contribution is 7.10. The highest BCUT2D eigenvalue weighted by Gasteiger charge is 1.98. The lowest BCUT2D eigenvalue weighted by Gasteiger charge is -2.02. The van der Waals surface area contributed by atoms with E-state index in [4.69, 9.17) is 0 Å². The second kappa shape index (κ2) is 6.12. The monoisotopic (exact) mass is 261 g/mol. The molecular weight excluding hydrogens is 249 g/mol. The molecule has 4 heteroatoms. The van der Waals surface area contributed by atoms with Gasteiger partial charge in [-0.3, -0.25) is 4.79 Å². The van der Waals surface area contributed by atoms with Crippen molar-refractivity contribution in [1.29, 1.82) is 0 Å². The molecule has 1 heterocycles. The summed E-state index contributed by atoms with van der Waals surface area (Å²) in [6.07, 6.45) is 3.23. The van der Waals surface area contributed by atoms with Crippen molar-refractivity contribution in [3.63, 3.8) is 0 Å². The smallest absolute Gasteiger partial charge is 0.244 e. The van der Waals surface area contributed by atoms with Crippen LogP contribution in [0.5, 0.6) is 0 Å². The van der Waals surface area contributed by atoms with Gasteiger partial charge in [0.05, 0.1) is 0 Å². The molecule has 0 aliphatic rings. The SMILES string of the molecule is O=C(/C=C/c1cccs1)NCc1cccc(F)c1.